The van der Waals surface area contributed by atoms with E-state index in [-0.39, 0.29) is 5.91 Å². The summed E-state index contributed by atoms with van der Waals surface area (Å²) in [6.07, 6.45) is 7.12. The largest absolute Gasteiger partial charge is 0.385 e. The molecule has 0 atom stereocenters. The van der Waals surface area contributed by atoms with Crippen molar-refractivity contribution in [3.05, 3.63) is 58.4 Å². The van der Waals surface area contributed by atoms with Crippen molar-refractivity contribution in [2.45, 2.75) is 18.9 Å². The Hall–Kier alpha value is -4.12. The van der Waals surface area contributed by atoms with Gasteiger partial charge in [0.05, 0.1) is 11.9 Å². The van der Waals surface area contributed by atoms with Gasteiger partial charge >= 0.3 is 0 Å². The fraction of sp³-hybridized carbons (Fsp3) is 0.346. The summed E-state index contributed by atoms with van der Waals surface area (Å²) in [6.45, 7) is 2.50. The molecule has 1 aromatic carbocycles. The molecule has 0 radical (unpaired) electrons. The van der Waals surface area contributed by atoms with E-state index in [1.54, 1.807) is 55.1 Å². The van der Waals surface area contributed by atoms with Gasteiger partial charge in [0.1, 0.15) is 11.6 Å². The average Bonchev–Trinajstić information content (AvgIpc) is 3.68. The maximum Gasteiger partial charge on any atom is 0.254 e. The number of aromatic nitrogens is 3. The molecule has 2 fully saturated rings. The van der Waals surface area contributed by atoms with Crippen LogP contribution < -0.4 is 20.9 Å². The SMILES string of the molecule is CN/C(C=O)=C\c1cnn2c(NC3CC3)cc(N3CCN(C(=O)c4cccc(Cl)c4)CC3)nc12.CNC=O. The number of rotatable bonds is 8. The normalized spacial score (nSPS) is 15.4. The second-order valence-corrected chi connectivity index (χ2v) is 9.35. The van der Waals surface area contributed by atoms with Crippen molar-refractivity contribution >= 4 is 53.6 Å². The van der Waals surface area contributed by atoms with Gasteiger partial charge in [-0.3, -0.25) is 14.4 Å². The van der Waals surface area contributed by atoms with Crippen molar-refractivity contribution in [3.8, 4) is 0 Å². The third-order valence-electron chi connectivity index (χ3n) is 6.22. The Kier molecular flexibility index (Phi) is 8.80. The predicted octanol–water partition coefficient (Wildman–Crippen LogP) is 2.04. The number of hydrogen-bond acceptors (Lipinski definition) is 8. The lowest BCUT2D eigenvalue weighted by atomic mass is 10.2. The highest BCUT2D eigenvalue weighted by atomic mass is 35.5. The lowest BCUT2D eigenvalue weighted by Gasteiger charge is -2.35. The standard InChI is InChI=1S/C24H26ClN7O2.C2H5NO/c1-26-20(15-33)12-17-14-27-32-22(28-19-5-6-19)13-21(29-23(17)32)30-7-9-31(10-8-30)24(34)16-3-2-4-18(25)11-16;1-3-2-4/h2-4,11-15,19,26,28H,5-10H2,1H3;2H,1H3,(H,3,4)/b20-12-;. The molecule has 12 heteroatoms. The van der Waals surface area contributed by atoms with E-state index in [9.17, 15) is 9.59 Å². The Balaban J connectivity index is 0.000000786. The average molecular weight is 539 g/mol. The molecule has 1 aliphatic heterocycles. The number of allylic oxidation sites excluding steroid dienone is 1. The predicted molar refractivity (Wildman–Crippen MR) is 147 cm³/mol. The highest BCUT2D eigenvalue weighted by Gasteiger charge is 2.26. The zero-order valence-electron chi connectivity index (χ0n) is 21.4. The second-order valence-electron chi connectivity index (χ2n) is 8.92. The molecule has 200 valence electrons. The molecule has 5 rings (SSSR count). The number of hydrogen-bond donors (Lipinski definition) is 3. The zero-order chi connectivity index (χ0) is 27.1. The minimum absolute atomic E-state index is 0.0154. The van der Waals surface area contributed by atoms with Crippen LogP contribution in [0.3, 0.4) is 0 Å². The van der Waals surface area contributed by atoms with E-state index < -0.39 is 0 Å². The van der Waals surface area contributed by atoms with Crippen LogP contribution >= 0.6 is 11.6 Å². The molecule has 1 aliphatic carbocycles. The third kappa shape index (κ3) is 6.41. The lowest BCUT2D eigenvalue weighted by Crippen LogP contribution is -2.49. The van der Waals surface area contributed by atoms with Crippen LogP contribution in [0.1, 0.15) is 28.8 Å². The van der Waals surface area contributed by atoms with Crippen LogP contribution in [0.4, 0.5) is 11.6 Å². The summed E-state index contributed by atoms with van der Waals surface area (Å²) < 4.78 is 1.78. The number of aldehydes is 1. The van der Waals surface area contributed by atoms with Crippen LogP contribution in [0.5, 0.6) is 0 Å². The summed E-state index contributed by atoms with van der Waals surface area (Å²) in [4.78, 5) is 42.2. The number of carbonyl (C=O) groups is 3. The van der Waals surface area contributed by atoms with Gasteiger partial charge in [0.15, 0.2) is 11.9 Å². The van der Waals surface area contributed by atoms with Crippen LogP contribution in [0.25, 0.3) is 11.7 Å². The zero-order valence-corrected chi connectivity index (χ0v) is 22.1. The molecule has 3 N–H and O–H groups in total. The van der Waals surface area contributed by atoms with Gasteiger partial charge in [-0.2, -0.15) is 9.61 Å². The fourth-order valence-electron chi connectivity index (χ4n) is 4.05. The molecule has 0 spiro atoms. The molecule has 1 saturated carbocycles. The molecule has 3 aromatic rings. The molecule has 2 aromatic heterocycles. The minimum Gasteiger partial charge on any atom is -0.385 e. The van der Waals surface area contributed by atoms with Crippen molar-refractivity contribution < 1.29 is 14.4 Å². The first-order valence-corrected chi connectivity index (χ1v) is 12.8. The van der Waals surface area contributed by atoms with Gasteiger partial charge in [-0.15, -0.1) is 0 Å². The quantitative estimate of drug-likeness (QED) is 0.294. The first-order chi connectivity index (χ1) is 18.5. The summed E-state index contributed by atoms with van der Waals surface area (Å²) in [5.41, 5.74) is 2.48. The number of nitrogens with one attached hydrogen (secondary N) is 3. The fourth-order valence-corrected chi connectivity index (χ4v) is 4.24. The molecular weight excluding hydrogens is 508 g/mol. The van der Waals surface area contributed by atoms with Gasteiger partial charge in [0, 0.05) is 68.5 Å². The molecule has 0 unspecified atom stereocenters. The monoisotopic (exact) mass is 538 g/mol. The van der Waals surface area contributed by atoms with E-state index in [1.807, 2.05) is 11.0 Å². The summed E-state index contributed by atoms with van der Waals surface area (Å²) in [6, 6.07) is 9.51. The van der Waals surface area contributed by atoms with Crippen molar-refractivity contribution in [1.82, 2.24) is 30.1 Å². The topological polar surface area (TPSA) is 124 Å². The van der Waals surface area contributed by atoms with E-state index in [2.05, 4.69) is 25.9 Å². The highest BCUT2D eigenvalue weighted by molar-refractivity contribution is 6.30. The third-order valence-corrected chi connectivity index (χ3v) is 6.46. The Labute approximate surface area is 225 Å². The van der Waals surface area contributed by atoms with E-state index in [0.29, 0.717) is 60.6 Å². The molecule has 3 heterocycles. The van der Waals surface area contributed by atoms with Crippen LogP contribution in [0.15, 0.2) is 42.2 Å². The van der Waals surface area contributed by atoms with Crippen LogP contribution in [-0.4, -0.2) is 84.4 Å². The highest BCUT2D eigenvalue weighted by Crippen LogP contribution is 2.29. The molecule has 2 aliphatic rings. The second kappa shape index (κ2) is 12.4. The summed E-state index contributed by atoms with van der Waals surface area (Å²) in [5.74, 6) is 1.67. The minimum atomic E-state index is -0.0154. The molecule has 11 nitrogen and oxygen atoms in total. The Morgan fingerprint density at radius 2 is 1.84 bits per heavy atom. The van der Waals surface area contributed by atoms with Gasteiger partial charge < -0.3 is 25.8 Å². The smallest absolute Gasteiger partial charge is 0.254 e. The van der Waals surface area contributed by atoms with Gasteiger partial charge in [0.2, 0.25) is 6.41 Å². The number of piperazine rings is 1. The Bertz CT molecular complexity index is 1330. The number of fused-ring (bicyclic) bond motifs is 1. The van der Waals surface area contributed by atoms with Crippen molar-refractivity contribution in [3.63, 3.8) is 0 Å². The number of anilines is 2. The van der Waals surface area contributed by atoms with Crippen molar-refractivity contribution in [1.29, 1.82) is 0 Å². The summed E-state index contributed by atoms with van der Waals surface area (Å²) >= 11 is 6.06. The lowest BCUT2D eigenvalue weighted by molar-refractivity contribution is -0.109. The number of carbonyl (C=O) groups excluding carboxylic acids is 3. The number of benzene rings is 1. The summed E-state index contributed by atoms with van der Waals surface area (Å²) in [7, 11) is 3.27. The van der Waals surface area contributed by atoms with Crippen LogP contribution in [0.2, 0.25) is 5.02 Å². The van der Waals surface area contributed by atoms with Crippen LogP contribution in [-0.2, 0) is 9.59 Å². The van der Waals surface area contributed by atoms with Gasteiger partial charge in [-0.05, 0) is 37.1 Å². The number of nitrogens with zero attached hydrogens (tertiary/aromatic N) is 5. The number of halogens is 1. The first-order valence-electron chi connectivity index (χ1n) is 12.4. The van der Waals surface area contributed by atoms with Crippen LogP contribution in [0, 0.1) is 0 Å². The molecule has 2 amide bonds. The molecule has 0 bridgehead atoms. The molecular formula is C26H31ClN8O3. The van der Waals surface area contributed by atoms with Gasteiger partial charge in [-0.25, -0.2) is 4.98 Å². The van der Waals surface area contributed by atoms with E-state index in [0.717, 1.165) is 36.3 Å². The van der Waals surface area contributed by atoms with E-state index in [4.69, 9.17) is 21.4 Å². The maximum absolute atomic E-state index is 12.9. The molecule has 1 saturated heterocycles. The number of amides is 2. The number of likely N-dealkylation sites (N-methyl/N-ethyl adjacent to an activating group) is 1. The van der Waals surface area contributed by atoms with Gasteiger partial charge in [0.25, 0.3) is 5.91 Å². The first kappa shape index (κ1) is 26.9. The van der Waals surface area contributed by atoms with Crippen molar-refractivity contribution in [2.24, 2.45) is 0 Å². The summed E-state index contributed by atoms with van der Waals surface area (Å²) in [5, 5.41) is 13.7. The Morgan fingerprint density at radius 3 is 2.45 bits per heavy atom. The van der Waals surface area contributed by atoms with E-state index in [1.165, 1.54) is 0 Å². The maximum atomic E-state index is 12.9. The molecule has 38 heavy (non-hydrogen) atoms. The Morgan fingerprint density at radius 1 is 1.11 bits per heavy atom. The van der Waals surface area contributed by atoms with Gasteiger partial charge in [-0.1, -0.05) is 17.7 Å². The van der Waals surface area contributed by atoms with Crippen molar-refractivity contribution in [2.75, 3.05) is 50.5 Å². The van der Waals surface area contributed by atoms with E-state index >= 15 is 0 Å².